The van der Waals surface area contributed by atoms with Crippen LogP contribution in [0, 0.1) is 0 Å². The minimum Gasteiger partial charge on any atom is -0.305 e. The highest BCUT2D eigenvalue weighted by molar-refractivity contribution is 9.10. The maximum absolute atomic E-state index is 3.56. The van der Waals surface area contributed by atoms with Gasteiger partial charge in [-0.05, 0) is 49.7 Å². The monoisotopic (exact) mass is 294 g/mol. The van der Waals surface area contributed by atoms with Gasteiger partial charge in [0.05, 0.1) is 0 Å². The van der Waals surface area contributed by atoms with Crippen LogP contribution in [-0.2, 0) is 13.0 Å². The third-order valence-corrected chi connectivity index (χ3v) is 4.59. The van der Waals surface area contributed by atoms with Gasteiger partial charge in [-0.3, -0.25) is 4.90 Å². The Morgan fingerprint density at radius 1 is 1.24 bits per heavy atom. The summed E-state index contributed by atoms with van der Waals surface area (Å²) in [5, 5.41) is 0. The molecule has 0 saturated carbocycles. The Morgan fingerprint density at radius 3 is 2.88 bits per heavy atom. The molecule has 0 amide bonds. The minimum atomic E-state index is 0.775. The van der Waals surface area contributed by atoms with Crippen LogP contribution in [0.15, 0.2) is 22.7 Å². The average molecular weight is 295 g/mol. The van der Waals surface area contributed by atoms with Gasteiger partial charge in [0.15, 0.2) is 0 Å². The lowest BCUT2D eigenvalue weighted by atomic mass is 9.98. The number of fused-ring (bicyclic) bond motifs is 1. The molecule has 1 atom stereocenters. The zero-order valence-electron chi connectivity index (χ0n) is 10.3. The molecule has 0 radical (unpaired) electrons. The Kier molecular flexibility index (Phi) is 3.24. The third kappa shape index (κ3) is 2.42. The quantitative estimate of drug-likeness (QED) is 0.785. The van der Waals surface area contributed by atoms with Crippen molar-refractivity contribution in [1.82, 2.24) is 9.80 Å². The molecule has 0 aromatic heterocycles. The van der Waals surface area contributed by atoms with Crippen molar-refractivity contribution in [3.8, 4) is 0 Å². The van der Waals surface area contributed by atoms with Crippen molar-refractivity contribution >= 4 is 15.9 Å². The summed E-state index contributed by atoms with van der Waals surface area (Å²) in [6, 6.07) is 7.51. The molecule has 92 valence electrons. The van der Waals surface area contributed by atoms with E-state index in [-0.39, 0.29) is 0 Å². The highest BCUT2D eigenvalue weighted by Gasteiger charge is 2.28. The Balaban J connectivity index is 1.74. The largest absolute Gasteiger partial charge is 0.305 e. The van der Waals surface area contributed by atoms with Crippen LogP contribution in [0.3, 0.4) is 0 Å². The average Bonchev–Trinajstić information content (AvgIpc) is 2.75. The summed E-state index contributed by atoms with van der Waals surface area (Å²) in [7, 11) is 2.23. The summed E-state index contributed by atoms with van der Waals surface area (Å²) in [6.45, 7) is 4.86. The normalized spacial score (nSPS) is 26.1. The maximum Gasteiger partial charge on any atom is 0.0240 e. The molecule has 1 saturated heterocycles. The van der Waals surface area contributed by atoms with Crippen LogP contribution in [0.1, 0.15) is 17.5 Å². The first-order valence-corrected chi connectivity index (χ1v) is 7.21. The van der Waals surface area contributed by atoms with E-state index < -0.39 is 0 Å². The van der Waals surface area contributed by atoms with E-state index >= 15 is 0 Å². The highest BCUT2D eigenvalue weighted by Crippen LogP contribution is 2.26. The first-order valence-electron chi connectivity index (χ1n) is 6.42. The van der Waals surface area contributed by atoms with Crippen LogP contribution in [-0.4, -0.2) is 42.5 Å². The molecule has 0 N–H and O–H groups in total. The van der Waals surface area contributed by atoms with E-state index in [1.165, 1.54) is 48.1 Å². The molecule has 0 bridgehead atoms. The van der Waals surface area contributed by atoms with Gasteiger partial charge in [0.25, 0.3) is 0 Å². The molecule has 2 nitrogen and oxygen atoms in total. The Bertz CT molecular complexity index is 419. The third-order valence-electron chi connectivity index (χ3n) is 4.09. The number of halogens is 1. The van der Waals surface area contributed by atoms with Crippen LogP contribution in [0.5, 0.6) is 0 Å². The highest BCUT2D eigenvalue weighted by atomic mass is 79.9. The van der Waals surface area contributed by atoms with Crippen molar-refractivity contribution < 1.29 is 0 Å². The van der Waals surface area contributed by atoms with Crippen LogP contribution in [0.2, 0.25) is 0 Å². The number of hydrogen-bond acceptors (Lipinski definition) is 2. The second-order valence-corrected chi connectivity index (χ2v) is 6.25. The van der Waals surface area contributed by atoms with Gasteiger partial charge in [0, 0.05) is 30.1 Å². The van der Waals surface area contributed by atoms with Crippen molar-refractivity contribution in [1.29, 1.82) is 0 Å². The molecule has 1 unspecified atom stereocenters. The zero-order valence-corrected chi connectivity index (χ0v) is 11.9. The van der Waals surface area contributed by atoms with Crippen LogP contribution in [0.4, 0.5) is 0 Å². The van der Waals surface area contributed by atoms with Crippen molar-refractivity contribution in [2.75, 3.05) is 26.7 Å². The van der Waals surface area contributed by atoms with E-state index in [1.54, 1.807) is 0 Å². The molecule has 0 spiro atoms. The summed E-state index contributed by atoms with van der Waals surface area (Å²) in [5.74, 6) is 0. The van der Waals surface area contributed by atoms with Crippen molar-refractivity contribution in [3.63, 3.8) is 0 Å². The lowest BCUT2D eigenvalue weighted by Gasteiger charge is -2.33. The molecule has 2 aliphatic heterocycles. The summed E-state index contributed by atoms with van der Waals surface area (Å²) in [4.78, 5) is 5.11. The van der Waals surface area contributed by atoms with Gasteiger partial charge in [-0.1, -0.05) is 22.0 Å². The fraction of sp³-hybridized carbons (Fsp3) is 0.571. The number of benzene rings is 1. The number of nitrogens with zero attached hydrogens (tertiary/aromatic N) is 2. The molecule has 2 aliphatic rings. The molecule has 0 aliphatic carbocycles. The van der Waals surface area contributed by atoms with Crippen LogP contribution >= 0.6 is 15.9 Å². The second kappa shape index (κ2) is 4.71. The smallest absolute Gasteiger partial charge is 0.0240 e. The number of likely N-dealkylation sites (tertiary alicyclic amines) is 1. The fourth-order valence-electron chi connectivity index (χ4n) is 3.06. The number of hydrogen-bond donors (Lipinski definition) is 0. The van der Waals surface area contributed by atoms with Gasteiger partial charge in [-0.15, -0.1) is 0 Å². The molecule has 1 fully saturated rings. The first kappa shape index (κ1) is 11.7. The Hall–Kier alpha value is -0.380. The van der Waals surface area contributed by atoms with Gasteiger partial charge in [-0.25, -0.2) is 0 Å². The zero-order chi connectivity index (χ0) is 11.8. The molecule has 3 rings (SSSR count). The Labute approximate surface area is 112 Å². The van der Waals surface area contributed by atoms with E-state index in [9.17, 15) is 0 Å². The number of rotatable bonds is 1. The maximum atomic E-state index is 3.56. The molecule has 17 heavy (non-hydrogen) atoms. The second-order valence-electron chi connectivity index (χ2n) is 5.34. The predicted octanol–water partition coefficient (Wildman–Crippen LogP) is 2.51. The van der Waals surface area contributed by atoms with Gasteiger partial charge >= 0.3 is 0 Å². The Morgan fingerprint density at radius 2 is 2.12 bits per heavy atom. The van der Waals surface area contributed by atoms with E-state index in [4.69, 9.17) is 0 Å². The standard InChI is InChI=1S/C14H19BrN2/c1-16-6-5-14(10-16)17-7-4-11-8-13(15)3-2-12(11)9-17/h2-3,8,14H,4-7,9-10H2,1H3. The fourth-order valence-corrected chi connectivity index (χ4v) is 3.47. The molecular formula is C14H19BrN2. The summed E-state index contributed by atoms with van der Waals surface area (Å²) < 4.78 is 1.21. The lowest BCUT2D eigenvalue weighted by molar-refractivity contribution is 0.181. The number of likely N-dealkylation sites (N-methyl/N-ethyl adjacent to an activating group) is 1. The van der Waals surface area contributed by atoms with Gasteiger partial charge in [-0.2, -0.15) is 0 Å². The van der Waals surface area contributed by atoms with Gasteiger partial charge < -0.3 is 4.90 Å². The molecular weight excluding hydrogens is 276 g/mol. The van der Waals surface area contributed by atoms with Gasteiger partial charge in [0.2, 0.25) is 0 Å². The van der Waals surface area contributed by atoms with Crippen LogP contribution in [0.25, 0.3) is 0 Å². The van der Waals surface area contributed by atoms with Crippen LogP contribution < -0.4 is 0 Å². The first-order chi connectivity index (χ1) is 8.22. The van der Waals surface area contributed by atoms with Crippen molar-refractivity contribution in [2.45, 2.75) is 25.4 Å². The topological polar surface area (TPSA) is 6.48 Å². The SMILES string of the molecule is CN1CCC(N2CCc3cc(Br)ccc3C2)C1. The summed E-state index contributed by atoms with van der Waals surface area (Å²) in [6.07, 6.45) is 2.54. The van der Waals surface area contributed by atoms with E-state index in [2.05, 4.69) is 51.0 Å². The van der Waals surface area contributed by atoms with E-state index in [1.807, 2.05) is 0 Å². The lowest BCUT2D eigenvalue weighted by Crippen LogP contribution is -2.40. The molecule has 2 heterocycles. The van der Waals surface area contributed by atoms with Crippen molar-refractivity contribution in [2.24, 2.45) is 0 Å². The van der Waals surface area contributed by atoms with E-state index in [0.717, 1.165) is 12.6 Å². The molecule has 1 aromatic carbocycles. The molecule has 1 aromatic rings. The summed E-state index contributed by atoms with van der Waals surface area (Å²) in [5.41, 5.74) is 3.05. The van der Waals surface area contributed by atoms with E-state index in [0.29, 0.717) is 0 Å². The summed E-state index contributed by atoms with van der Waals surface area (Å²) >= 11 is 3.56. The van der Waals surface area contributed by atoms with Gasteiger partial charge in [0.1, 0.15) is 0 Å². The molecule has 3 heteroatoms. The predicted molar refractivity (Wildman–Crippen MR) is 74.2 cm³/mol. The minimum absolute atomic E-state index is 0.775. The van der Waals surface area contributed by atoms with Crippen molar-refractivity contribution in [3.05, 3.63) is 33.8 Å².